The van der Waals surface area contributed by atoms with Crippen LogP contribution in [0.4, 0.5) is 9.59 Å². The summed E-state index contributed by atoms with van der Waals surface area (Å²) in [6.07, 6.45) is -1.50. The zero-order chi connectivity index (χ0) is 22.8. The SMILES string of the molecule is CC(=O)S[C@H]1C[C@H](CN(C(=O)OC(C)(C)C)S(N)(=O)=O)N(C(=O)OC(C)(C)C)C1. The molecule has 29 heavy (non-hydrogen) atoms. The maximum atomic E-state index is 12.6. The molecule has 0 radical (unpaired) electrons. The summed E-state index contributed by atoms with van der Waals surface area (Å²) in [4.78, 5) is 37.8. The maximum Gasteiger partial charge on any atom is 0.425 e. The minimum atomic E-state index is -4.44. The highest BCUT2D eigenvalue weighted by atomic mass is 32.2. The van der Waals surface area contributed by atoms with E-state index in [9.17, 15) is 22.8 Å². The Hall–Kier alpha value is -1.53. The molecule has 0 spiro atoms. The molecule has 0 aromatic rings. The quantitative estimate of drug-likeness (QED) is 0.683. The van der Waals surface area contributed by atoms with Gasteiger partial charge in [0.1, 0.15) is 11.2 Å². The highest BCUT2D eigenvalue weighted by Crippen LogP contribution is 2.30. The van der Waals surface area contributed by atoms with Crippen LogP contribution >= 0.6 is 11.8 Å². The predicted molar refractivity (Wildman–Crippen MR) is 109 cm³/mol. The van der Waals surface area contributed by atoms with Crippen molar-refractivity contribution < 1.29 is 32.3 Å². The largest absolute Gasteiger partial charge is 0.444 e. The Balaban J connectivity index is 3.12. The molecule has 0 aromatic heterocycles. The lowest BCUT2D eigenvalue weighted by Gasteiger charge is -2.32. The Morgan fingerprint density at radius 1 is 1.10 bits per heavy atom. The van der Waals surface area contributed by atoms with Crippen LogP contribution in [0.2, 0.25) is 0 Å². The first-order valence-corrected chi connectivity index (χ1v) is 11.5. The van der Waals surface area contributed by atoms with Crippen LogP contribution in [0.15, 0.2) is 0 Å². The van der Waals surface area contributed by atoms with Gasteiger partial charge < -0.3 is 14.4 Å². The minimum Gasteiger partial charge on any atom is -0.444 e. The second-order valence-electron chi connectivity index (χ2n) is 8.81. The number of nitrogens with zero attached hydrogens (tertiary/aromatic N) is 2. The van der Waals surface area contributed by atoms with E-state index in [1.54, 1.807) is 41.5 Å². The predicted octanol–water partition coefficient (Wildman–Crippen LogP) is 2.08. The first-order chi connectivity index (χ1) is 12.9. The summed E-state index contributed by atoms with van der Waals surface area (Å²) in [5.74, 6) is 0. The second-order valence-corrected chi connectivity index (χ2v) is 11.8. The number of carbonyl (C=O) groups excluding carboxylic acids is 3. The number of carbonyl (C=O) groups is 3. The molecule has 0 bridgehead atoms. The van der Waals surface area contributed by atoms with Gasteiger partial charge in [0, 0.05) is 18.7 Å². The van der Waals surface area contributed by atoms with Crippen molar-refractivity contribution >= 4 is 39.3 Å². The van der Waals surface area contributed by atoms with E-state index in [2.05, 4.69) is 0 Å². The Bertz CT molecular complexity index is 741. The monoisotopic (exact) mass is 453 g/mol. The van der Waals surface area contributed by atoms with Crippen molar-refractivity contribution in [3.63, 3.8) is 0 Å². The zero-order valence-electron chi connectivity index (χ0n) is 17.9. The van der Waals surface area contributed by atoms with Crippen molar-refractivity contribution in [2.45, 2.75) is 77.4 Å². The Morgan fingerprint density at radius 3 is 2.03 bits per heavy atom. The molecule has 1 aliphatic rings. The van der Waals surface area contributed by atoms with Crippen molar-refractivity contribution in [1.29, 1.82) is 0 Å². The highest BCUT2D eigenvalue weighted by molar-refractivity contribution is 8.14. The van der Waals surface area contributed by atoms with Gasteiger partial charge >= 0.3 is 22.4 Å². The van der Waals surface area contributed by atoms with Gasteiger partial charge in [-0.1, -0.05) is 11.8 Å². The van der Waals surface area contributed by atoms with E-state index < -0.39 is 46.2 Å². The average molecular weight is 454 g/mol. The molecular weight excluding hydrogens is 422 g/mol. The summed E-state index contributed by atoms with van der Waals surface area (Å²) < 4.78 is 35.0. The third-order valence-electron chi connectivity index (χ3n) is 3.62. The van der Waals surface area contributed by atoms with Crippen molar-refractivity contribution in [3.8, 4) is 0 Å². The molecule has 2 amide bonds. The molecule has 168 valence electrons. The van der Waals surface area contributed by atoms with Gasteiger partial charge in [0.15, 0.2) is 5.12 Å². The smallest absolute Gasteiger partial charge is 0.425 e. The van der Waals surface area contributed by atoms with E-state index >= 15 is 0 Å². The van der Waals surface area contributed by atoms with Gasteiger partial charge in [-0.25, -0.2) is 14.7 Å². The van der Waals surface area contributed by atoms with Crippen LogP contribution in [-0.4, -0.2) is 70.5 Å². The number of nitrogens with two attached hydrogens (primary N) is 1. The third kappa shape index (κ3) is 8.79. The fourth-order valence-electron chi connectivity index (χ4n) is 2.70. The van der Waals surface area contributed by atoms with Crippen LogP contribution in [-0.2, 0) is 24.5 Å². The lowest BCUT2D eigenvalue weighted by Crippen LogP contribution is -2.51. The van der Waals surface area contributed by atoms with Gasteiger partial charge in [0.2, 0.25) is 0 Å². The lowest BCUT2D eigenvalue weighted by molar-refractivity contribution is -0.109. The van der Waals surface area contributed by atoms with Crippen molar-refractivity contribution in [2.75, 3.05) is 13.1 Å². The number of likely N-dealkylation sites (tertiary alicyclic amines) is 1. The maximum absolute atomic E-state index is 12.6. The highest BCUT2D eigenvalue weighted by Gasteiger charge is 2.42. The molecular formula is C17H31N3O7S2. The number of hydrogen-bond acceptors (Lipinski definition) is 8. The topological polar surface area (TPSA) is 136 Å². The average Bonchev–Trinajstić information content (AvgIpc) is 2.81. The molecule has 1 fully saturated rings. The van der Waals surface area contributed by atoms with Gasteiger partial charge in [-0.3, -0.25) is 4.79 Å². The van der Waals surface area contributed by atoms with Crippen LogP contribution in [0.1, 0.15) is 54.9 Å². The fraction of sp³-hybridized carbons (Fsp3) is 0.824. The molecule has 10 nitrogen and oxygen atoms in total. The lowest BCUT2D eigenvalue weighted by atomic mass is 10.2. The van der Waals surface area contributed by atoms with E-state index in [1.807, 2.05) is 0 Å². The molecule has 0 aliphatic carbocycles. The first-order valence-electron chi connectivity index (χ1n) is 9.09. The van der Waals surface area contributed by atoms with Crippen LogP contribution < -0.4 is 5.14 Å². The Morgan fingerprint density at radius 2 is 1.62 bits per heavy atom. The number of ether oxygens (including phenoxy) is 2. The summed E-state index contributed by atoms with van der Waals surface area (Å²) >= 11 is 1.05. The molecule has 2 N–H and O–H groups in total. The second kappa shape index (κ2) is 9.09. The normalized spacial score (nSPS) is 20.3. The molecule has 1 saturated heterocycles. The molecule has 1 rings (SSSR count). The molecule has 0 unspecified atom stereocenters. The van der Waals surface area contributed by atoms with Gasteiger partial charge in [-0.15, -0.1) is 0 Å². The molecule has 12 heteroatoms. The van der Waals surface area contributed by atoms with E-state index in [-0.39, 0.29) is 23.3 Å². The van der Waals surface area contributed by atoms with Gasteiger partial charge in [0.05, 0.1) is 12.6 Å². The number of thioether (sulfide) groups is 1. The third-order valence-corrected chi connectivity index (χ3v) is 5.54. The van der Waals surface area contributed by atoms with E-state index in [0.29, 0.717) is 4.31 Å². The summed E-state index contributed by atoms with van der Waals surface area (Å²) in [5.41, 5.74) is -1.70. The summed E-state index contributed by atoms with van der Waals surface area (Å²) in [6.45, 7) is 11.1. The van der Waals surface area contributed by atoms with Gasteiger partial charge in [-0.2, -0.15) is 12.7 Å². The van der Waals surface area contributed by atoms with E-state index in [0.717, 1.165) is 11.8 Å². The van der Waals surface area contributed by atoms with Crippen molar-refractivity contribution in [3.05, 3.63) is 0 Å². The van der Waals surface area contributed by atoms with Crippen LogP contribution in [0.25, 0.3) is 0 Å². The standard InChI is InChI=1S/C17H31N3O7S2/c1-11(21)28-13-8-12(19(10-13)14(22)26-16(2,3)4)9-20(29(18,24)25)15(23)27-17(5,6)7/h12-13H,8-10H2,1-7H3,(H2,18,24,25)/t12-,13+/m1/s1. The number of amides is 2. The van der Waals surface area contributed by atoms with Crippen LogP contribution in [0.5, 0.6) is 0 Å². The molecule has 0 saturated carbocycles. The van der Waals surface area contributed by atoms with E-state index in [1.165, 1.54) is 11.8 Å². The minimum absolute atomic E-state index is 0.129. The summed E-state index contributed by atoms with van der Waals surface area (Å²) in [7, 11) is -4.44. The molecule has 2 atom stereocenters. The Labute approximate surface area is 176 Å². The Kier molecular flexibility index (Phi) is 7.99. The van der Waals surface area contributed by atoms with Crippen molar-refractivity contribution in [1.82, 2.24) is 9.21 Å². The van der Waals surface area contributed by atoms with Crippen LogP contribution in [0, 0.1) is 0 Å². The fourth-order valence-corrected chi connectivity index (χ4v) is 4.35. The zero-order valence-corrected chi connectivity index (χ0v) is 19.6. The molecule has 1 aliphatic heterocycles. The first kappa shape index (κ1) is 25.5. The van der Waals surface area contributed by atoms with Gasteiger partial charge in [-0.05, 0) is 48.0 Å². The van der Waals surface area contributed by atoms with E-state index in [4.69, 9.17) is 14.6 Å². The van der Waals surface area contributed by atoms with Crippen LogP contribution in [0.3, 0.4) is 0 Å². The van der Waals surface area contributed by atoms with Gasteiger partial charge in [0.25, 0.3) is 0 Å². The molecule has 0 aromatic carbocycles. The number of rotatable bonds is 4. The summed E-state index contributed by atoms with van der Waals surface area (Å²) in [6, 6.07) is -0.715. The summed E-state index contributed by atoms with van der Waals surface area (Å²) in [5, 5.41) is 4.83. The molecule has 1 heterocycles. The number of hydrogen-bond donors (Lipinski definition) is 1. The van der Waals surface area contributed by atoms with Crippen molar-refractivity contribution in [2.24, 2.45) is 5.14 Å².